The van der Waals surface area contributed by atoms with E-state index in [1.165, 1.54) is 5.69 Å². The first-order valence-corrected chi connectivity index (χ1v) is 10.7. The van der Waals surface area contributed by atoms with Crippen molar-refractivity contribution in [3.63, 3.8) is 0 Å². The summed E-state index contributed by atoms with van der Waals surface area (Å²) in [4.78, 5) is 18.5. The van der Waals surface area contributed by atoms with E-state index in [4.69, 9.17) is 16.3 Å². The third kappa shape index (κ3) is 4.14. The van der Waals surface area contributed by atoms with E-state index in [0.29, 0.717) is 11.0 Å². The van der Waals surface area contributed by atoms with Crippen LogP contribution in [0.3, 0.4) is 0 Å². The standard InChI is InChI=1S/C23H23ClN6O/c1-15-21(30-11-5-17(6-12-30)31-23-27-7-2-8-28-23)4-10-26-22(15)29-16-13-19(24)18-3-9-25-20(18)14-16/h2-4,7-10,13-14,17,25H,5-6,11-12H2,1H3,(H,26,29). The number of piperidine rings is 1. The molecule has 2 N–H and O–H groups in total. The second-order valence-electron chi connectivity index (χ2n) is 7.66. The van der Waals surface area contributed by atoms with Gasteiger partial charge in [0.25, 0.3) is 0 Å². The van der Waals surface area contributed by atoms with Crippen molar-refractivity contribution in [1.82, 2.24) is 19.9 Å². The van der Waals surface area contributed by atoms with Gasteiger partial charge in [0.05, 0.1) is 5.02 Å². The first-order chi connectivity index (χ1) is 15.2. The monoisotopic (exact) mass is 434 g/mol. The largest absolute Gasteiger partial charge is 0.460 e. The SMILES string of the molecule is Cc1c(N2CCC(Oc3ncccn3)CC2)ccnc1Nc1cc(Cl)c2cc[nH]c2c1. The smallest absolute Gasteiger partial charge is 0.316 e. The number of aromatic nitrogens is 4. The molecular weight excluding hydrogens is 412 g/mol. The van der Waals surface area contributed by atoms with Crippen molar-refractivity contribution in [2.24, 2.45) is 0 Å². The van der Waals surface area contributed by atoms with Crippen LogP contribution < -0.4 is 15.0 Å². The number of rotatable bonds is 5. The summed E-state index contributed by atoms with van der Waals surface area (Å²) in [5.74, 6) is 0.829. The summed E-state index contributed by atoms with van der Waals surface area (Å²) in [5.41, 5.74) is 4.19. The van der Waals surface area contributed by atoms with Gasteiger partial charge in [-0.25, -0.2) is 15.0 Å². The van der Waals surface area contributed by atoms with Crippen molar-refractivity contribution in [3.8, 4) is 6.01 Å². The number of hydrogen-bond donors (Lipinski definition) is 2. The number of anilines is 3. The predicted octanol–water partition coefficient (Wildman–Crippen LogP) is 5.11. The third-order valence-corrected chi connectivity index (χ3v) is 5.97. The van der Waals surface area contributed by atoms with Gasteiger partial charge in [-0.3, -0.25) is 0 Å². The maximum Gasteiger partial charge on any atom is 0.316 e. The molecule has 0 atom stereocenters. The highest BCUT2D eigenvalue weighted by molar-refractivity contribution is 6.35. The number of ether oxygens (including phenoxy) is 1. The van der Waals surface area contributed by atoms with Gasteiger partial charge in [-0.1, -0.05) is 11.6 Å². The fraction of sp³-hybridized carbons (Fsp3) is 0.261. The molecule has 1 saturated heterocycles. The molecule has 0 radical (unpaired) electrons. The summed E-state index contributed by atoms with van der Waals surface area (Å²) in [6.45, 7) is 3.91. The van der Waals surface area contributed by atoms with Crippen molar-refractivity contribution < 1.29 is 4.74 Å². The highest BCUT2D eigenvalue weighted by Gasteiger charge is 2.23. The number of aromatic amines is 1. The van der Waals surface area contributed by atoms with E-state index in [0.717, 1.165) is 53.9 Å². The van der Waals surface area contributed by atoms with E-state index in [2.05, 4.69) is 43.1 Å². The van der Waals surface area contributed by atoms with Gasteiger partial charge in [-0.05, 0) is 37.3 Å². The molecule has 1 aromatic carbocycles. The molecule has 1 aliphatic rings. The van der Waals surface area contributed by atoms with E-state index in [-0.39, 0.29) is 6.10 Å². The van der Waals surface area contributed by atoms with E-state index >= 15 is 0 Å². The molecule has 0 saturated carbocycles. The Kier molecular flexibility index (Phi) is 5.34. The van der Waals surface area contributed by atoms with Crippen LogP contribution in [-0.4, -0.2) is 39.1 Å². The molecular formula is C23H23ClN6O. The Hall–Kier alpha value is -3.32. The van der Waals surface area contributed by atoms with E-state index < -0.39 is 0 Å². The van der Waals surface area contributed by atoms with Crippen LogP contribution in [-0.2, 0) is 0 Å². The first kappa shape index (κ1) is 19.6. The average molecular weight is 435 g/mol. The van der Waals surface area contributed by atoms with Crippen LogP contribution in [0.15, 0.2) is 55.1 Å². The molecule has 0 spiro atoms. The lowest BCUT2D eigenvalue weighted by atomic mass is 10.1. The molecule has 3 aromatic heterocycles. The normalized spacial score (nSPS) is 14.7. The van der Waals surface area contributed by atoms with Gasteiger partial charge in [0.15, 0.2) is 0 Å². The van der Waals surface area contributed by atoms with Crippen LogP contribution in [0.25, 0.3) is 10.9 Å². The quantitative estimate of drug-likeness (QED) is 0.454. The maximum absolute atomic E-state index is 6.42. The second-order valence-corrected chi connectivity index (χ2v) is 8.07. The lowest BCUT2D eigenvalue weighted by molar-refractivity contribution is 0.156. The number of nitrogens with one attached hydrogen (secondary N) is 2. The molecule has 4 heterocycles. The molecule has 1 fully saturated rings. The Morgan fingerprint density at radius 1 is 1.10 bits per heavy atom. The Morgan fingerprint density at radius 3 is 2.71 bits per heavy atom. The Morgan fingerprint density at radius 2 is 1.90 bits per heavy atom. The molecule has 4 aromatic rings. The lowest BCUT2D eigenvalue weighted by Gasteiger charge is -2.34. The van der Waals surface area contributed by atoms with Crippen molar-refractivity contribution in [2.45, 2.75) is 25.9 Å². The van der Waals surface area contributed by atoms with Crippen LogP contribution in [0.5, 0.6) is 6.01 Å². The fourth-order valence-corrected chi connectivity index (χ4v) is 4.32. The lowest BCUT2D eigenvalue weighted by Crippen LogP contribution is -2.38. The first-order valence-electron chi connectivity index (χ1n) is 10.4. The van der Waals surface area contributed by atoms with Crippen LogP contribution in [0.1, 0.15) is 18.4 Å². The van der Waals surface area contributed by atoms with Gasteiger partial charge in [0.2, 0.25) is 0 Å². The number of nitrogens with zero attached hydrogens (tertiary/aromatic N) is 4. The van der Waals surface area contributed by atoms with Crippen molar-refractivity contribution >= 4 is 39.7 Å². The minimum atomic E-state index is 0.132. The number of fused-ring (bicyclic) bond motifs is 1. The van der Waals surface area contributed by atoms with Gasteiger partial charge in [-0.15, -0.1) is 0 Å². The van der Waals surface area contributed by atoms with Gasteiger partial charge in [0, 0.05) is 78.6 Å². The molecule has 31 heavy (non-hydrogen) atoms. The van der Waals surface area contributed by atoms with Gasteiger partial charge >= 0.3 is 6.01 Å². The molecule has 7 nitrogen and oxygen atoms in total. The highest BCUT2D eigenvalue weighted by atomic mass is 35.5. The summed E-state index contributed by atoms with van der Waals surface area (Å²) in [7, 11) is 0. The van der Waals surface area contributed by atoms with Crippen LogP contribution in [0.4, 0.5) is 17.2 Å². The fourth-order valence-electron chi connectivity index (χ4n) is 4.03. The van der Waals surface area contributed by atoms with Crippen molar-refractivity contribution in [2.75, 3.05) is 23.3 Å². The molecule has 0 bridgehead atoms. The Balaban J connectivity index is 1.29. The molecule has 1 aliphatic heterocycles. The minimum absolute atomic E-state index is 0.132. The number of benzene rings is 1. The Labute approximate surface area is 185 Å². The van der Waals surface area contributed by atoms with E-state index in [9.17, 15) is 0 Å². The zero-order valence-corrected chi connectivity index (χ0v) is 17.9. The summed E-state index contributed by atoms with van der Waals surface area (Å²) < 4.78 is 5.92. The molecule has 0 aliphatic carbocycles. The summed E-state index contributed by atoms with van der Waals surface area (Å²) >= 11 is 6.42. The van der Waals surface area contributed by atoms with Crippen LogP contribution in [0, 0.1) is 6.92 Å². The van der Waals surface area contributed by atoms with E-state index in [1.807, 2.05) is 30.6 Å². The van der Waals surface area contributed by atoms with Crippen molar-refractivity contribution in [1.29, 1.82) is 0 Å². The number of hydrogen-bond acceptors (Lipinski definition) is 6. The maximum atomic E-state index is 6.42. The zero-order chi connectivity index (χ0) is 21.2. The van der Waals surface area contributed by atoms with Gasteiger partial charge in [0.1, 0.15) is 11.9 Å². The van der Waals surface area contributed by atoms with Crippen molar-refractivity contribution in [3.05, 3.63) is 65.7 Å². The highest BCUT2D eigenvalue weighted by Crippen LogP contribution is 2.32. The van der Waals surface area contributed by atoms with Crippen LogP contribution in [0.2, 0.25) is 5.02 Å². The van der Waals surface area contributed by atoms with Crippen LogP contribution >= 0.6 is 11.6 Å². The average Bonchev–Trinajstić information content (AvgIpc) is 3.26. The minimum Gasteiger partial charge on any atom is -0.460 e. The summed E-state index contributed by atoms with van der Waals surface area (Å²) in [6, 6.07) is 10.3. The van der Waals surface area contributed by atoms with Gasteiger partial charge < -0.3 is 19.9 Å². The summed E-state index contributed by atoms with van der Waals surface area (Å²) in [5, 5.41) is 5.15. The number of pyridine rings is 1. The molecule has 5 rings (SSSR count). The molecule has 8 heteroatoms. The predicted molar refractivity (Wildman–Crippen MR) is 123 cm³/mol. The molecule has 158 valence electrons. The zero-order valence-electron chi connectivity index (χ0n) is 17.2. The van der Waals surface area contributed by atoms with E-state index in [1.54, 1.807) is 18.5 Å². The third-order valence-electron chi connectivity index (χ3n) is 5.65. The number of halogens is 1. The molecule has 0 unspecified atom stereocenters. The summed E-state index contributed by atoms with van der Waals surface area (Å²) in [6.07, 6.45) is 9.11. The topological polar surface area (TPSA) is 79.0 Å². The number of H-pyrrole nitrogens is 1. The Bertz CT molecular complexity index is 1190. The van der Waals surface area contributed by atoms with Gasteiger partial charge in [-0.2, -0.15) is 0 Å². The molecule has 0 amide bonds. The second kappa shape index (κ2) is 8.43.